The number of benzene rings is 1. The normalized spacial score (nSPS) is 10.1. The summed E-state index contributed by atoms with van der Waals surface area (Å²) in [6.07, 6.45) is -2.53. The first-order valence-electron chi connectivity index (χ1n) is 9.45. The predicted octanol–water partition coefficient (Wildman–Crippen LogP) is 5.48. The number of hydrogen-bond donors (Lipinski definition) is 0. The molecule has 4 nitrogen and oxygen atoms in total. The number of hydrogen-bond acceptors (Lipinski definition) is 3. The summed E-state index contributed by atoms with van der Waals surface area (Å²) < 4.78 is 39.9. The van der Waals surface area contributed by atoms with Gasteiger partial charge >= 0.3 is 6.18 Å². The van der Waals surface area contributed by atoms with Gasteiger partial charge in [0.25, 0.3) is 0 Å². The van der Waals surface area contributed by atoms with Crippen molar-refractivity contribution in [1.82, 2.24) is 9.47 Å². The molecule has 0 spiro atoms. The number of ether oxygens (including phenoxy) is 1. The van der Waals surface area contributed by atoms with Gasteiger partial charge in [0, 0.05) is 31.2 Å². The van der Waals surface area contributed by atoms with Crippen LogP contribution in [0.2, 0.25) is 0 Å². The molecule has 0 aliphatic carbocycles. The molecule has 28 heavy (non-hydrogen) atoms. The van der Waals surface area contributed by atoms with Crippen LogP contribution in [-0.4, -0.2) is 49.7 Å². The van der Waals surface area contributed by atoms with Crippen molar-refractivity contribution in [3.8, 4) is 5.75 Å². The number of alkyl halides is 3. The second-order valence-corrected chi connectivity index (χ2v) is 5.69. The Morgan fingerprint density at radius 3 is 2.11 bits per heavy atom. The largest absolute Gasteiger partial charge is 0.497 e. The van der Waals surface area contributed by atoms with Crippen LogP contribution in [0.5, 0.6) is 5.75 Å². The highest BCUT2D eigenvalue weighted by Gasteiger charge is 2.25. The Hall–Kier alpha value is -2.02. The number of rotatable bonds is 5. The van der Waals surface area contributed by atoms with Gasteiger partial charge in [-0.25, -0.2) is 0 Å². The Morgan fingerprint density at radius 1 is 1.14 bits per heavy atom. The van der Waals surface area contributed by atoms with Gasteiger partial charge in [-0.3, -0.25) is 0 Å². The maximum Gasteiger partial charge on any atom is 0.395 e. The number of methoxy groups -OCH3 is 1. The number of fused-ring (bicyclic) bond motifs is 1. The number of likely N-dealkylation sites (N-methyl/N-ethyl adjacent to an activating group) is 1. The number of carbonyl (C=O) groups is 1. The fraction of sp³-hybridized carbons (Fsp3) is 0.571. The summed E-state index contributed by atoms with van der Waals surface area (Å²) in [4.78, 5) is 11.3. The van der Waals surface area contributed by atoms with Gasteiger partial charge in [0.15, 0.2) is 0 Å². The number of nitrogens with zero attached hydrogens (tertiary/aromatic N) is 2. The van der Waals surface area contributed by atoms with Crippen molar-refractivity contribution in [2.45, 2.75) is 46.7 Å². The zero-order chi connectivity index (χ0) is 22.3. The molecule has 0 amide bonds. The zero-order valence-corrected chi connectivity index (χ0v) is 18.4. The number of halogens is 3. The maximum atomic E-state index is 10.8. The minimum absolute atomic E-state index is 0.167. The van der Waals surface area contributed by atoms with Gasteiger partial charge in [-0.05, 0) is 38.2 Å². The molecule has 1 aromatic carbocycles. The molecular formula is C21H35F3N2O2. The standard InChI is InChI=1S/C14H20N2O.C3H3F3O.2C2H6/c1-15(2)8-7-11-10-16(3)14-9-12(17-4)5-6-13(11)14;4-3(5,6)1-2-7;2*1-2/h5-6,9-10H,7-8H2,1-4H3;2H,1H2;2*1-2H3. The fourth-order valence-electron chi connectivity index (χ4n) is 2.21. The molecule has 0 aliphatic rings. The molecule has 0 saturated carbocycles. The van der Waals surface area contributed by atoms with Crippen molar-refractivity contribution in [3.05, 3.63) is 30.0 Å². The van der Waals surface area contributed by atoms with Gasteiger partial charge in [0.2, 0.25) is 0 Å². The van der Waals surface area contributed by atoms with Gasteiger partial charge in [-0.1, -0.05) is 27.7 Å². The average molecular weight is 405 g/mol. The third-order valence-electron chi connectivity index (χ3n) is 3.42. The molecule has 0 atom stereocenters. The van der Waals surface area contributed by atoms with E-state index >= 15 is 0 Å². The van der Waals surface area contributed by atoms with E-state index in [0.717, 1.165) is 18.7 Å². The van der Waals surface area contributed by atoms with Crippen LogP contribution >= 0.6 is 0 Å². The highest BCUT2D eigenvalue weighted by Crippen LogP contribution is 2.25. The van der Waals surface area contributed by atoms with Crippen molar-refractivity contribution >= 4 is 17.2 Å². The van der Waals surface area contributed by atoms with Crippen LogP contribution in [0.25, 0.3) is 10.9 Å². The SMILES string of the molecule is CC.CC.COc1ccc2c(CCN(C)C)cn(C)c2c1.O=CCC(F)(F)F. The predicted molar refractivity (Wildman–Crippen MR) is 111 cm³/mol. The molecule has 7 heteroatoms. The lowest BCUT2D eigenvalue weighted by Crippen LogP contribution is -2.14. The van der Waals surface area contributed by atoms with Gasteiger partial charge in [-0.2, -0.15) is 13.2 Å². The monoisotopic (exact) mass is 404 g/mol. The first-order chi connectivity index (χ1) is 13.2. The number of carbonyl (C=O) groups excluding carboxylic acids is 1. The average Bonchev–Trinajstić information content (AvgIpc) is 2.98. The van der Waals surface area contributed by atoms with Crippen molar-refractivity contribution in [1.29, 1.82) is 0 Å². The molecule has 0 N–H and O–H groups in total. The number of aldehydes is 1. The van der Waals surface area contributed by atoms with Crippen LogP contribution in [0.4, 0.5) is 13.2 Å². The third-order valence-corrected chi connectivity index (χ3v) is 3.42. The summed E-state index contributed by atoms with van der Waals surface area (Å²) >= 11 is 0. The van der Waals surface area contributed by atoms with Gasteiger partial charge in [0.1, 0.15) is 12.0 Å². The lowest BCUT2D eigenvalue weighted by Gasteiger charge is -2.08. The van der Waals surface area contributed by atoms with Crippen molar-refractivity contribution < 1.29 is 22.7 Å². The third kappa shape index (κ3) is 11.0. The summed E-state index contributed by atoms with van der Waals surface area (Å²) in [6, 6.07) is 6.27. The quantitative estimate of drug-likeness (QED) is 0.619. The molecule has 162 valence electrons. The van der Waals surface area contributed by atoms with E-state index in [9.17, 15) is 13.2 Å². The molecule has 0 unspecified atom stereocenters. The number of aryl methyl sites for hydroxylation is 1. The Morgan fingerprint density at radius 2 is 1.71 bits per heavy atom. The molecule has 1 aromatic heterocycles. The van der Waals surface area contributed by atoms with E-state index in [1.807, 2.05) is 33.8 Å². The van der Waals surface area contributed by atoms with Crippen LogP contribution in [0, 0.1) is 0 Å². The minimum Gasteiger partial charge on any atom is -0.497 e. The van der Waals surface area contributed by atoms with Gasteiger partial charge < -0.3 is 19.0 Å². The molecule has 0 aliphatic heterocycles. The van der Waals surface area contributed by atoms with Crippen LogP contribution < -0.4 is 4.74 Å². The van der Waals surface area contributed by atoms with Gasteiger partial charge in [0.05, 0.1) is 19.0 Å². The second-order valence-electron chi connectivity index (χ2n) is 5.69. The van der Waals surface area contributed by atoms with Crippen molar-refractivity contribution in [2.75, 3.05) is 27.7 Å². The minimum atomic E-state index is -4.32. The fourth-order valence-corrected chi connectivity index (χ4v) is 2.21. The molecule has 2 rings (SSSR count). The van der Waals surface area contributed by atoms with E-state index in [0.29, 0.717) is 0 Å². The highest BCUT2D eigenvalue weighted by atomic mass is 19.4. The molecule has 0 radical (unpaired) electrons. The maximum absolute atomic E-state index is 10.8. The topological polar surface area (TPSA) is 34.5 Å². The molecule has 0 fully saturated rings. The lowest BCUT2D eigenvalue weighted by molar-refractivity contribution is -0.144. The Kier molecular flexibility index (Phi) is 15.1. The Balaban J connectivity index is 0. The first kappa shape index (κ1) is 28.2. The lowest BCUT2D eigenvalue weighted by atomic mass is 10.1. The summed E-state index contributed by atoms with van der Waals surface area (Å²) in [5.41, 5.74) is 2.64. The summed E-state index contributed by atoms with van der Waals surface area (Å²) in [5.74, 6) is 0.915. The summed E-state index contributed by atoms with van der Waals surface area (Å²) in [6.45, 7) is 9.07. The summed E-state index contributed by atoms with van der Waals surface area (Å²) in [7, 11) is 8.00. The second kappa shape index (κ2) is 15.0. The van der Waals surface area contributed by atoms with Gasteiger partial charge in [-0.15, -0.1) is 0 Å². The zero-order valence-electron chi connectivity index (χ0n) is 18.4. The summed E-state index contributed by atoms with van der Waals surface area (Å²) in [5, 5.41) is 1.33. The number of aromatic nitrogens is 1. The van der Waals surface area contributed by atoms with Crippen molar-refractivity contribution in [3.63, 3.8) is 0 Å². The van der Waals surface area contributed by atoms with E-state index in [2.05, 4.69) is 48.9 Å². The van der Waals surface area contributed by atoms with E-state index in [4.69, 9.17) is 9.53 Å². The smallest absolute Gasteiger partial charge is 0.395 e. The first-order valence-corrected chi connectivity index (χ1v) is 9.45. The molecule has 0 bridgehead atoms. The van der Waals surface area contributed by atoms with Crippen LogP contribution in [0.15, 0.2) is 24.4 Å². The van der Waals surface area contributed by atoms with Crippen LogP contribution in [-0.2, 0) is 18.3 Å². The Bertz CT molecular complexity index is 665. The highest BCUT2D eigenvalue weighted by molar-refractivity contribution is 5.85. The van der Waals surface area contributed by atoms with Crippen LogP contribution in [0.3, 0.4) is 0 Å². The van der Waals surface area contributed by atoms with Crippen LogP contribution in [0.1, 0.15) is 39.7 Å². The Labute approximate surface area is 167 Å². The van der Waals surface area contributed by atoms with E-state index < -0.39 is 12.6 Å². The molecular weight excluding hydrogens is 369 g/mol. The molecule has 1 heterocycles. The molecule has 2 aromatic rings. The van der Waals surface area contributed by atoms with E-state index in [1.165, 1.54) is 16.5 Å². The van der Waals surface area contributed by atoms with Crippen molar-refractivity contribution in [2.24, 2.45) is 7.05 Å². The van der Waals surface area contributed by atoms with E-state index in [-0.39, 0.29) is 6.29 Å². The molecule has 0 saturated heterocycles. The van der Waals surface area contributed by atoms with E-state index in [1.54, 1.807) is 7.11 Å².